The Morgan fingerprint density at radius 3 is 2.71 bits per heavy atom. The highest BCUT2D eigenvalue weighted by Crippen LogP contribution is 2.25. The summed E-state index contributed by atoms with van der Waals surface area (Å²) in [6.07, 6.45) is 3.39. The molecule has 2 aromatic rings. The number of amidine groups is 1. The Kier molecular flexibility index (Phi) is 2.98. The van der Waals surface area contributed by atoms with E-state index in [1.54, 1.807) is 0 Å². The van der Waals surface area contributed by atoms with Crippen LogP contribution in [0.4, 0.5) is 0 Å². The van der Waals surface area contributed by atoms with Gasteiger partial charge in [0.25, 0.3) is 0 Å². The number of fused-ring (bicyclic) bond motifs is 3. The van der Waals surface area contributed by atoms with Gasteiger partial charge in [-0.15, -0.1) is 10.2 Å². The van der Waals surface area contributed by atoms with E-state index < -0.39 is 0 Å². The van der Waals surface area contributed by atoms with Crippen molar-refractivity contribution in [2.75, 3.05) is 13.1 Å². The molecule has 0 spiro atoms. The zero-order valence-electron chi connectivity index (χ0n) is 12.3. The van der Waals surface area contributed by atoms with Gasteiger partial charge in [-0.05, 0) is 25.0 Å². The first-order valence-corrected chi connectivity index (χ1v) is 7.71. The highest BCUT2D eigenvalue weighted by atomic mass is 15.3. The quantitative estimate of drug-likeness (QED) is 0.805. The fourth-order valence-electron chi connectivity index (χ4n) is 3.25. The first-order valence-electron chi connectivity index (χ1n) is 7.71. The van der Waals surface area contributed by atoms with Gasteiger partial charge >= 0.3 is 0 Å². The van der Waals surface area contributed by atoms with Crippen LogP contribution in [0.3, 0.4) is 0 Å². The molecule has 2 aliphatic heterocycles. The van der Waals surface area contributed by atoms with Crippen molar-refractivity contribution < 1.29 is 0 Å². The van der Waals surface area contributed by atoms with Crippen LogP contribution in [0, 0.1) is 0 Å². The molecule has 0 unspecified atom stereocenters. The predicted octanol–water partition coefficient (Wildman–Crippen LogP) is 2.19. The smallest absolute Gasteiger partial charge is 0.159 e. The Morgan fingerprint density at radius 1 is 1.10 bits per heavy atom. The van der Waals surface area contributed by atoms with Gasteiger partial charge in [0, 0.05) is 25.1 Å². The van der Waals surface area contributed by atoms with Gasteiger partial charge in [0.05, 0.1) is 5.69 Å². The van der Waals surface area contributed by atoms with Crippen LogP contribution in [0.5, 0.6) is 0 Å². The summed E-state index contributed by atoms with van der Waals surface area (Å²) in [4.78, 5) is 7.26. The van der Waals surface area contributed by atoms with E-state index in [2.05, 4.69) is 50.9 Å². The van der Waals surface area contributed by atoms with Gasteiger partial charge in [-0.3, -0.25) is 9.56 Å². The molecule has 1 fully saturated rings. The topological polar surface area (TPSA) is 46.3 Å². The van der Waals surface area contributed by atoms with Crippen LogP contribution in [-0.4, -0.2) is 38.6 Å². The van der Waals surface area contributed by atoms with Crippen molar-refractivity contribution in [1.29, 1.82) is 0 Å². The second-order valence-corrected chi connectivity index (χ2v) is 5.57. The Balaban J connectivity index is 1.90. The zero-order chi connectivity index (χ0) is 14.2. The summed E-state index contributed by atoms with van der Waals surface area (Å²) >= 11 is 0. The average Bonchev–Trinajstić information content (AvgIpc) is 3.15. The van der Waals surface area contributed by atoms with E-state index in [1.807, 2.05) is 0 Å². The maximum Gasteiger partial charge on any atom is 0.159 e. The van der Waals surface area contributed by atoms with E-state index in [4.69, 9.17) is 4.99 Å². The lowest BCUT2D eigenvalue weighted by atomic mass is 10.1. The highest BCUT2D eigenvalue weighted by Gasteiger charge is 2.25. The van der Waals surface area contributed by atoms with Crippen LogP contribution in [0.2, 0.25) is 0 Å². The fourth-order valence-corrected chi connectivity index (χ4v) is 3.25. The molecule has 0 amide bonds. The summed E-state index contributed by atoms with van der Waals surface area (Å²) < 4.78 is 2.18. The third-order valence-corrected chi connectivity index (χ3v) is 4.28. The van der Waals surface area contributed by atoms with Gasteiger partial charge in [0.1, 0.15) is 18.2 Å². The van der Waals surface area contributed by atoms with Crippen LogP contribution in [0.1, 0.15) is 37.0 Å². The minimum Gasteiger partial charge on any atom is -0.356 e. The van der Waals surface area contributed by atoms with Crippen LogP contribution >= 0.6 is 0 Å². The number of para-hydroxylation sites is 1. The standard InChI is InChI=1S/C16H19N5/c1-2-14-18-19-15-11-17-16(20-9-5-6-10-20)12-7-3-4-8-13(12)21(14)15/h3-4,7-8H,2,5-6,9-11H2,1H3. The van der Waals surface area contributed by atoms with Gasteiger partial charge in [-0.2, -0.15) is 0 Å². The monoisotopic (exact) mass is 281 g/mol. The average molecular weight is 281 g/mol. The van der Waals surface area contributed by atoms with Crippen molar-refractivity contribution in [2.24, 2.45) is 4.99 Å². The Morgan fingerprint density at radius 2 is 1.90 bits per heavy atom. The minimum atomic E-state index is 0.605. The number of rotatable bonds is 1. The normalized spacial score (nSPS) is 17.2. The molecule has 0 N–H and O–H groups in total. The number of aryl methyl sites for hydroxylation is 1. The number of likely N-dealkylation sites (tertiary alicyclic amines) is 1. The molecule has 2 aliphatic rings. The van der Waals surface area contributed by atoms with Crippen molar-refractivity contribution >= 4 is 5.84 Å². The molecule has 1 aromatic carbocycles. The minimum absolute atomic E-state index is 0.605. The molecule has 4 rings (SSSR count). The summed E-state index contributed by atoms with van der Waals surface area (Å²) in [7, 11) is 0. The van der Waals surface area contributed by atoms with Crippen molar-refractivity contribution in [3.63, 3.8) is 0 Å². The van der Waals surface area contributed by atoms with Crippen molar-refractivity contribution in [2.45, 2.75) is 32.7 Å². The maximum atomic E-state index is 4.85. The maximum absolute atomic E-state index is 4.85. The van der Waals surface area contributed by atoms with E-state index in [1.165, 1.54) is 18.4 Å². The van der Waals surface area contributed by atoms with Crippen molar-refractivity contribution in [3.05, 3.63) is 41.5 Å². The Bertz CT molecular complexity index is 694. The lowest BCUT2D eigenvalue weighted by Gasteiger charge is -2.21. The number of aliphatic imine (C=N–C) groups is 1. The van der Waals surface area contributed by atoms with Crippen LogP contribution in [0.15, 0.2) is 29.3 Å². The summed E-state index contributed by atoms with van der Waals surface area (Å²) in [5.41, 5.74) is 2.37. The van der Waals surface area contributed by atoms with Crippen LogP contribution < -0.4 is 0 Å². The number of hydrogen-bond donors (Lipinski definition) is 0. The Labute approximate surface area is 124 Å². The molecular weight excluding hydrogens is 262 g/mol. The molecule has 0 aliphatic carbocycles. The fraction of sp³-hybridized carbons (Fsp3) is 0.438. The molecule has 1 aromatic heterocycles. The molecule has 1 saturated heterocycles. The lowest BCUT2D eigenvalue weighted by molar-refractivity contribution is 0.518. The van der Waals surface area contributed by atoms with Crippen molar-refractivity contribution in [3.8, 4) is 5.69 Å². The molecule has 21 heavy (non-hydrogen) atoms. The van der Waals surface area contributed by atoms with E-state index >= 15 is 0 Å². The number of aromatic nitrogens is 3. The second kappa shape index (κ2) is 4.98. The van der Waals surface area contributed by atoms with Gasteiger partial charge in [0.15, 0.2) is 5.82 Å². The second-order valence-electron chi connectivity index (χ2n) is 5.57. The van der Waals surface area contributed by atoms with E-state index in [9.17, 15) is 0 Å². The van der Waals surface area contributed by atoms with Gasteiger partial charge in [0.2, 0.25) is 0 Å². The van der Waals surface area contributed by atoms with E-state index in [0.29, 0.717) is 6.54 Å². The predicted molar refractivity (Wildman–Crippen MR) is 81.8 cm³/mol. The van der Waals surface area contributed by atoms with Gasteiger partial charge < -0.3 is 4.90 Å². The van der Waals surface area contributed by atoms with Gasteiger partial charge in [-0.1, -0.05) is 19.1 Å². The molecule has 0 radical (unpaired) electrons. The summed E-state index contributed by atoms with van der Waals surface area (Å²) in [6.45, 7) is 4.93. The Hall–Kier alpha value is -2.17. The summed E-state index contributed by atoms with van der Waals surface area (Å²) in [5, 5.41) is 8.64. The van der Waals surface area contributed by atoms with Gasteiger partial charge in [-0.25, -0.2) is 0 Å². The molecule has 0 bridgehead atoms. The number of hydrogen-bond acceptors (Lipinski definition) is 4. The third-order valence-electron chi connectivity index (χ3n) is 4.28. The molecular formula is C16H19N5. The molecule has 5 nitrogen and oxygen atoms in total. The lowest BCUT2D eigenvalue weighted by Crippen LogP contribution is -2.29. The third kappa shape index (κ3) is 1.95. The molecule has 3 heterocycles. The largest absolute Gasteiger partial charge is 0.356 e. The first kappa shape index (κ1) is 12.6. The SMILES string of the molecule is CCc1nnc2n1-c1ccccc1C(N1CCCC1)=NC2. The highest BCUT2D eigenvalue weighted by molar-refractivity contribution is 6.02. The first-order chi connectivity index (χ1) is 10.4. The molecule has 0 atom stereocenters. The molecule has 0 saturated carbocycles. The molecule has 108 valence electrons. The summed E-state index contributed by atoms with van der Waals surface area (Å²) in [5.74, 6) is 3.07. The number of benzene rings is 1. The summed E-state index contributed by atoms with van der Waals surface area (Å²) in [6, 6.07) is 8.49. The van der Waals surface area contributed by atoms with Crippen LogP contribution in [0.25, 0.3) is 5.69 Å². The zero-order valence-corrected chi connectivity index (χ0v) is 12.3. The number of nitrogens with zero attached hydrogens (tertiary/aromatic N) is 5. The molecule has 5 heteroatoms. The van der Waals surface area contributed by atoms with E-state index in [-0.39, 0.29) is 0 Å². The van der Waals surface area contributed by atoms with Crippen molar-refractivity contribution in [1.82, 2.24) is 19.7 Å². The van der Waals surface area contributed by atoms with Crippen LogP contribution in [-0.2, 0) is 13.0 Å². The van der Waals surface area contributed by atoms with E-state index in [0.717, 1.165) is 42.7 Å².